The Bertz CT molecular complexity index is 418. The molecule has 100 valence electrons. The number of carbonyl (C=O) groups excluding carboxylic acids is 1. The lowest BCUT2D eigenvalue weighted by atomic mass is 9.94. The van der Waals surface area contributed by atoms with E-state index in [1.165, 1.54) is 18.4 Å². The van der Waals surface area contributed by atoms with Crippen LogP contribution in [-0.4, -0.2) is 37.8 Å². The molecule has 1 saturated heterocycles. The van der Waals surface area contributed by atoms with Gasteiger partial charge in [-0.25, -0.2) is 9.78 Å². The Morgan fingerprint density at radius 1 is 1.72 bits per heavy atom. The molecule has 1 unspecified atom stereocenters. The Morgan fingerprint density at radius 2 is 2.56 bits per heavy atom. The molecule has 1 atom stereocenters. The number of hydrogen-bond acceptors (Lipinski definition) is 6. The summed E-state index contributed by atoms with van der Waals surface area (Å²) in [6.07, 6.45) is 1.86. The molecule has 18 heavy (non-hydrogen) atoms. The van der Waals surface area contributed by atoms with Crippen molar-refractivity contribution in [3.8, 4) is 0 Å². The summed E-state index contributed by atoms with van der Waals surface area (Å²) in [6, 6.07) is 0. The third kappa shape index (κ3) is 3.09. The first kappa shape index (κ1) is 13.9. The zero-order valence-electron chi connectivity index (χ0n) is 10.1. The molecule has 1 fully saturated rings. The van der Waals surface area contributed by atoms with Crippen LogP contribution in [0.25, 0.3) is 0 Å². The summed E-state index contributed by atoms with van der Waals surface area (Å²) in [5.41, 5.74) is -0.511. The van der Waals surface area contributed by atoms with Gasteiger partial charge in [0, 0.05) is 11.9 Å². The molecule has 0 aromatic carbocycles. The van der Waals surface area contributed by atoms with Crippen LogP contribution in [-0.2, 0) is 19.9 Å². The van der Waals surface area contributed by atoms with Crippen molar-refractivity contribution in [1.82, 2.24) is 10.3 Å². The van der Waals surface area contributed by atoms with Crippen LogP contribution in [0.15, 0.2) is 9.98 Å². The number of nitrogens with one attached hydrogen (secondary N) is 1. The molecule has 0 amide bonds. The molecule has 0 saturated carbocycles. The van der Waals surface area contributed by atoms with Crippen LogP contribution in [0.5, 0.6) is 0 Å². The molecule has 7 heteroatoms. The summed E-state index contributed by atoms with van der Waals surface area (Å²) in [6.45, 7) is 1.59. The Morgan fingerprint density at radius 3 is 3.11 bits per heavy atom. The van der Waals surface area contributed by atoms with Crippen LogP contribution in [0.2, 0.25) is 0 Å². The smallest absolute Gasteiger partial charge is 0.331 e. The van der Waals surface area contributed by atoms with Crippen molar-refractivity contribution in [2.45, 2.75) is 18.4 Å². The first-order valence-corrected chi connectivity index (χ1v) is 7.36. The third-order valence-corrected chi connectivity index (χ3v) is 4.64. The van der Waals surface area contributed by atoms with E-state index in [9.17, 15) is 4.79 Å². The second kappa shape index (κ2) is 6.10. The van der Waals surface area contributed by atoms with Crippen LogP contribution in [0, 0.1) is 0 Å². The Kier molecular flexibility index (Phi) is 4.71. The van der Waals surface area contributed by atoms with E-state index in [0.717, 1.165) is 29.0 Å². The lowest BCUT2D eigenvalue weighted by molar-refractivity contribution is -0.155. The lowest BCUT2D eigenvalue weighted by Gasteiger charge is -2.35. The highest BCUT2D eigenvalue weighted by Crippen LogP contribution is 2.35. The molecule has 5 nitrogen and oxygen atoms in total. The fraction of sp³-hybridized carbons (Fsp3) is 0.636. The largest absolute Gasteiger partial charge is 0.467 e. The van der Waals surface area contributed by atoms with Crippen molar-refractivity contribution in [1.29, 1.82) is 0 Å². The number of ether oxygens (including phenoxy) is 2. The summed E-state index contributed by atoms with van der Waals surface area (Å²) < 4.78 is 11.2. The normalized spacial score (nSPS) is 23.9. The molecule has 1 aliphatic rings. The van der Waals surface area contributed by atoms with E-state index in [-0.39, 0.29) is 12.6 Å². The Balaban J connectivity index is 2.15. The second-order valence-corrected chi connectivity index (χ2v) is 5.79. The number of nitrogens with zero attached hydrogens (tertiary/aromatic N) is 1. The minimum absolute atomic E-state index is 0.0463. The van der Waals surface area contributed by atoms with E-state index < -0.39 is 5.60 Å². The van der Waals surface area contributed by atoms with Gasteiger partial charge >= 0.3 is 5.97 Å². The van der Waals surface area contributed by atoms with E-state index in [1.54, 1.807) is 0 Å². The van der Waals surface area contributed by atoms with Crippen LogP contribution in [0.1, 0.15) is 17.8 Å². The number of esters is 1. The highest BCUT2D eigenvalue weighted by Gasteiger charge is 2.38. The van der Waals surface area contributed by atoms with Gasteiger partial charge in [0.15, 0.2) is 0 Å². The van der Waals surface area contributed by atoms with Crippen molar-refractivity contribution in [3.63, 3.8) is 0 Å². The van der Waals surface area contributed by atoms with E-state index in [4.69, 9.17) is 4.74 Å². The zero-order valence-corrected chi connectivity index (χ0v) is 12.5. The standard InChI is InChI=1S/C11H15BrN2O3S/c1-16-9(15)5-17-11(3-2-4-13-7-11)10-14-8(12)6-18-10/h6,13H,2-5,7H2,1H3. The Hall–Kier alpha value is -0.500. The summed E-state index contributed by atoms with van der Waals surface area (Å²) in [5, 5.41) is 6.12. The van der Waals surface area contributed by atoms with Crippen molar-refractivity contribution in [2.24, 2.45) is 0 Å². The van der Waals surface area contributed by atoms with Gasteiger partial charge in [0.1, 0.15) is 21.8 Å². The highest BCUT2D eigenvalue weighted by molar-refractivity contribution is 9.10. The summed E-state index contributed by atoms with van der Waals surface area (Å²) >= 11 is 4.89. The lowest BCUT2D eigenvalue weighted by Crippen LogP contribution is -2.46. The average Bonchev–Trinajstić information content (AvgIpc) is 2.84. The quantitative estimate of drug-likeness (QED) is 0.849. The highest BCUT2D eigenvalue weighted by atomic mass is 79.9. The number of aromatic nitrogens is 1. The van der Waals surface area contributed by atoms with Crippen molar-refractivity contribution >= 4 is 33.2 Å². The maximum Gasteiger partial charge on any atom is 0.331 e. The van der Waals surface area contributed by atoms with E-state index in [2.05, 4.69) is 31.0 Å². The van der Waals surface area contributed by atoms with Gasteiger partial charge in [0.25, 0.3) is 0 Å². The molecule has 2 heterocycles. The fourth-order valence-corrected chi connectivity index (χ4v) is 3.40. The van der Waals surface area contributed by atoms with Crippen molar-refractivity contribution in [2.75, 3.05) is 26.8 Å². The summed E-state index contributed by atoms with van der Waals surface area (Å²) in [5.74, 6) is -0.365. The van der Waals surface area contributed by atoms with Crippen molar-refractivity contribution in [3.05, 3.63) is 15.0 Å². The number of methoxy groups -OCH3 is 1. The summed E-state index contributed by atoms with van der Waals surface area (Å²) in [7, 11) is 1.36. The number of halogens is 1. The van der Waals surface area contributed by atoms with Gasteiger partial charge < -0.3 is 14.8 Å². The Labute approximate surface area is 118 Å². The van der Waals surface area contributed by atoms with Crippen molar-refractivity contribution < 1.29 is 14.3 Å². The topological polar surface area (TPSA) is 60.5 Å². The number of piperidine rings is 1. The van der Waals surface area contributed by atoms with Crippen LogP contribution in [0.3, 0.4) is 0 Å². The van der Waals surface area contributed by atoms with E-state index in [1.807, 2.05) is 5.38 Å². The van der Waals surface area contributed by atoms with Gasteiger partial charge in [-0.3, -0.25) is 0 Å². The van der Waals surface area contributed by atoms with Gasteiger partial charge in [-0.1, -0.05) is 0 Å². The predicted molar refractivity (Wildman–Crippen MR) is 71.6 cm³/mol. The van der Waals surface area contributed by atoms with E-state index in [0.29, 0.717) is 6.54 Å². The molecule has 1 aliphatic heterocycles. The maximum absolute atomic E-state index is 11.2. The molecule has 1 N–H and O–H groups in total. The number of carbonyl (C=O) groups is 1. The van der Waals surface area contributed by atoms with Crippen LogP contribution < -0.4 is 5.32 Å². The molecule has 2 rings (SSSR count). The molecule has 0 bridgehead atoms. The van der Waals surface area contributed by atoms with Gasteiger partial charge in [-0.2, -0.15) is 0 Å². The first-order valence-electron chi connectivity index (χ1n) is 5.69. The fourth-order valence-electron chi connectivity index (χ4n) is 1.96. The van der Waals surface area contributed by atoms with Gasteiger partial charge in [-0.05, 0) is 35.3 Å². The number of thiazole rings is 1. The first-order chi connectivity index (χ1) is 8.66. The molecule has 0 spiro atoms. The third-order valence-electron chi connectivity index (χ3n) is 2.90. The van der Waals surface area contributed by atoms with Gasteiger partial charge in [-0.15, -0.1) is 11.3 Å². The summed E-state index contributed by atoms with van der Waals surface area (Å²) in [4.78, 5) is 15.7. The molecule has 0 radical (unpaired) electrons. The molecular formula is C11H15BrN2O3S. The van der Waals surface area contributed by atoms with Crippen LogP contribution >= 0.6 is 27.3 Å². The second-order valence-electron chi connectivity index (χ2n) is 4.11. The molecule has 1 aromatic heterocycles. The minimum Gasteiger partial charge on any atom is -0.467 e. The maximum atomic E-state index is 11.2. The van der Waals surface area contributed by atoms with Crippen LogP contribution in [0.4, 0.5) is 0 Å². The molecular weight excluding hydrogens is 320 g/mol. The number of hydrogen-bond donors (Lipinski definition) is 1. The predicted octanol–water partition coefficient (Wildman–Crippen LogP) is 1.67. The van der Waals surface area contributed by atoms with Gasteiger partial charge in [0.2, 0.25) is 0 Å². The van der Waals surface area contributed by atoms with E-state index >= 15 is 0 Å². The average molecular weight is 335 g/mol. The zero-order chi connectivity index (χ0) is 13.0. The number of rotatable bonds is 4. The monoisotopic (exact) mass is 334 g/mol. The molecule has 1 aromatic rings. The molecule has 0 aliphatic carbocycles. The SMILES string of the molecule is COC(=O)COC1(c2nc(Br)cs2)CCCNC1. The minimum atomic E-state index is -0.511. The van der Waals surface area contributed by atoms with Gasteiger partial charge in [0.05, 0.1) is 7.11 Å².